The van der Waals surface area contributed by atoms with Crippen molar-refractivity contribution in [2.24, 2.45) is 10.4 Å². The van der Waals surface area contributed by atoms with Gasteiger partial charge in [0.25, 0.3) is 0 Å². The van der Waals surface area contributed by atoms with Crippen LogP contribution >= 0.6 is 28.7 Å². The molecular weight excluding hydrogens is 408 g/mol. The van der Waals surface area contributed by atoms with Gasteiger partial charge in [-0.1, -0.05) is 86.3 Å². The second-order valence-electron chi connectivity index (χ2n) is 7.77. The van der Waals surface area contributed by atoms with Crippen LogP contribution in [0, 0.1) is 5.41 Å². The van der Waals surface area contributed by atoms with E-state index in [1.54, 1.807) is 11.8 Å². The predicted octanol–water partition coefficient (Wildman–Crippen LogP) is 4.53. The summed E-state index contributed by atoms with van der Waals surface area (Å²) in [6, 6.07) is 20.7. The van der Waals surface area contributed by atoms with Gasteiger partial charge in [-0.3, -0.25) is 4.99 Å². The Bertz CT molecular complexity index is 742. The van der Waals surface area contributed by atoms with Crippen molar-refractivity contribution < 1.29 is 5.11 Å². The molecule has 0 aromatic heterocycles. The number of hydrogen-bond acceptors (Lipinski definition) is 4. The lowest BCUT2D eigenvalue weighted by Gasteiger charge is -2.45. The lowest BCUT2D eigenvalue weighted by molar-refractivity contribution is -0.0703. The Kier molecular flexibility index (Phi) is 5.52. The first kappa shape index (κ1) is 19.5. The summed E-state index contributed by atoms with van der Waals surface area (Å²) in [6.45, 7) is 6.09. The molecule has 1 saturated heterocycles. The van der Waals surface area contributed by atoms with E-state index in [2.05, 4.69) is 43.0 Å². The second kappa shape index (κ2) is 7.37. The highest BCUT2D eigenvalue weighted by molar-refractivity contribution is 8.93. The van der Waals surface area contributed by atoms with Crippen LogP contribution in [0.5, 0.6) is 0 Å². The highest BCUT2D eigenvalue weighted by Gasteiger charge is 2.52. The first-order chi connectivity index (χ1) is 12.0. The number of hydrogen-bond donors (Lipinski definition) is 1. The monoisotopic (exact) mass is 432 g/mol. The van der Waals surface area contributed by atoms with Crippen molar-refractivity contribution in [3.05, 3.63) is 71.8 Å². The molecule has 0 saturated carbocycles. The second-order valence-corrected chi connectivity index (χ2v) is 8.71. The van der Waals surface area contributed by atoms with Crippen LogP contribution < -0.4 is 0 Å². The zero-order chi connectivity index (χ0) is 17.5. The van der Waals surface area contributed by atoms with Crippen LogP contribution in [0.1, 0.15) is 30.9 Å². The first-order valence-electron chi connectivity index (χ1n) is 8.77. The molecular formula is C21H25BrN2OS. The van der Waals surface area contributed by atoms with Crippen LogP contribution in [0.15, 0.2) is 65.7 Å². The van der Waals surface area contributed by atoms with E-state index in [-0.39, 0.29) is 28.3 Å². The fraction of sp³-hybridized carbons (Fsp3) is 0.381. The van der Waals surface area contributed by atoms with Crippen LogP contribution in [-0.2, 0) is 0 Å². The van der Waals surface area contributed by atoms with Gasteiger partial charge in [0.15, 0.2) is 10.9 Å². The molecule has 2 aromatic carbocycles. The topological polar surface area (TPSA) is 35.8 Å². The molecule has 26 heavy (non-hydrogen) atoms. The Morgan fingerprint density at radius 3 is 2.08 bits per heavy atom. The van der Waals surface area contributed by atoms with Crippen LogP contribution in [0.4, 0.5) is 0 Å². The SMILES string of the molecule is Br.CC1(C)CN=C2SCC(O)(C(c3ccccc3)c3ccccc3)N2C1. The first-order valence-corrected chi connectivity index (χ1v) is 9.75. The van der Waals surface area contributed by atoms with E-state index in [9.17, 15) is 5.11 Å². The van der Waals surface area contributed by atoms with E-state index < -0.39 is 5.72 Å². The minimum absolute atomic E-state index is 0. The number of fused-ring (bicyclic) bond motifs is 1. The lowest BCUT2D eigenvalue weighted by Crippen LogP contribution is -2.56. The van der Waals surface area contributed by atoms with Gasteiger partial charge in [0, 0.05) is 24.3 Å². The molecule has 2 aromatic rings. The molecule has 1 fully saturated rings. The van der Waals surface area contributed by atoms with E-state index >= 15 is 0 Å². The van der Waals surface area contributed by atoms with Crippen molar-refractivity contribution in [1.82, 2.24) is 4.90 Å². The van der Waals surface area contributed by atoms with E-state index in [1.807, 2.05) is 36.4 Å². The van der Waals surface area contributed by atoms with Crippen molar-refractivity contribution in [1.29, 1.82) is 0 Å². The molecule has 0 bridgehead atoms. The smallest absolute Gasteiger partial charge is 0.161 e. The maximum Gasteiger partial charge on any atom is 0.161 e. The van der Waals surface area contributed by atoms with Crippen LogP contribution in [-0.4, -0.2) is 39.7 Å². The van der Waals surface area contributed by atoms with Crippen LogP contribution in [0.25, 0.3) is 0 Å². The molecule has 138 valence electrons. The van der Waals surface area contributed by atoms with Crippen molar-refractivity contribution in [3.8, 4) is 0 Å². The molecule has 0 aliphatic carbocycles. The normalized spacial score (nSPS) is 24.0. The number of aliphatic hydroxyl groups is 1. The summed E-state index contributed by atoms with van der Waals surface area (Å²) in [6.07, 6.45) is 0. The molecule has 2 heterocycles. The summed E-state index contributed by atoms with van der Waals surface area (Å²) in [4.78, 5) is 6.90. The predicted molar refractivity (Wildman–Crippen MR) is 115 cm³/mol. The van der Waals surface area contributed by atoms with Crippen molar-refractivity contribution in [2.75, 3.05) is 18.8 Å². The molecule has 0 radical (unpaired) electrons. The van der Waals surface area contributed by atoms with Crippen LogP contribution in [0.3, 0.4) is 0 Å². The van der Waals surface area contributed by atoms with E-state index in [4.69, 9.17) is 4.99 Å². The quantitative estimate of drug-likeness (QED) is 0.773. The number of aliphatic imine (C=N–C) groups is 1. The lowest BCUT2D eigenvalue weighted by atomic mass is 9.81. The largest absolute Gasteiger partial charge is 0.369 e. The molecule has 2 aliphatic heterocycles. The third-order valence-electron chi connectivity index (χ3n) is 5.07. The molecule has 3 nitrogen and oxygen atoms in total. The van der Waals surface area contributed by atoms with Gasteiger partial charge < -0.3 is 10.0 Å². The highest BCUT2D eigenvalue weighted by Crippen LogP contribution is 2.47. The third kappa shape index (κ3) is 3.45. The van der Waals surface area contributed by atoms with Crippen molar-refractivity contribution in [2.45, 2.75) is 25.5 Å². The van der Waals surface area contributed by atoms with Gasteiger partial charge in [-0.15, -0.1) is 17.0 Å². The number of thioether (sulfide) groups is 1. The van der Waals surface area contributed by atoms with Crippen molar-refractivity contribution in [3.63, 3.8) is 0 Å². The van der Waals surface area contributed by atoms with Gasteiger partial charge in [0.2, 0.25) is 0 Å². The minimum Gasteiger partial charge on any atom is -0.369 e. The molecule has 1 unspecified atom stereocenters. The van der Waals surface area contributed by atoms with Crippen LogP contribution in [0.2, 0.25) is 0 Å². The molecule has 1 N–H and O–H groups in total. The minimum atomic E-state index is -0.968. The summed E-state index contributed by atoms with van der Waals surface area (Å²) < 4.78 is 0. The fourth-order valence-electron chi connectivity index (χ4n) is 3.84. The Morgan fingerprint density at radius 2 is 1.54 bits per heavy atom. The molecule has 4 rings (SSSR count). The zero-order valence-corrected chi connectivity index (χ0v) is 17.7. The van der Waals surface area contributed by atoms with Gasteiger partial charge in [-0.25, -0.2) is 0 Å². The van der Waals surface area contributed by atoms with Gasteiger partial charge >= 0.3 is 0 Å². The summed E-state index contributed by atoms with van der Waals surface area (Å²) >= 11 is 1.68. The summed E-state index contributed by atoms with van der Waals surface area (Å²) in [5, 5.41) is 12.9. The average Bonchev–Trinajstić information content (AvgIpc) is 2.93. The van der Waals surface area contributed by atoms with Gasteiger partial charge in [-0.05, 0) is 11.1 Å². The van der Waals surface area contributed by atoms with E-state index in [0.717, 1.165) is 29.4 Å². The zero-order valence-electron chi connectivity index (χ0n) is 15.1. The molecule has 5 heteroatoms. The molecule has 0 spiro atoms. The highest BCUT2D eigenvalue weighted by atomic mass is 79.9. The summed E-state index contributed by atoms with van der Waals surface area (Å²) in [5.74, 6) is 0.528. The number of rotatable bonds is 3. The number of benzene rings is 2. The van der Waals surface area contributed by atoms with E-state index in [1.165, 1.54) is 0 Å². The van der Waals surface area contributed by atoms with Crippen molar-refractivity contribution >= 4 is 33.9 Å². The van der Waals surface area contributed by atoms with Gasteiger partial charge in [0.1, 0.15) is 0 Å². The maximum atomic E-state index is 11.9. The summed E-state index contributed by atoms with van der Waals surface area (Å²) in [7, 11) is 0. The molecule has 0 amide bonds. The van der Waals surface area contributed by atoms with E-state index in [0.29, 0.717) is 5.75 Å². The number of amidine groups is 1. The average molecular weight is 433 g/mol. The Balaban J connectivity index is 0.00000196. The number of nitrogens with zero attached hydrogens (tertiary/aromatic N) is 2. The summed E-state index contributed by atoms with van der Waals surface area (Å²) in [5.41, 5.74) is 1.38. The fourth-order valence-corrected chi connectivity index (χ4v) is 5.04. The molecule has 1 atom stereocenters. The van der Waals surface area contributed by atoms with Gasteiger partial charge in [0.05, 0.1) is 5.92 Å². The standard InChI is InChI=1S/C21H24N2OS.BrH/c1-20(2)13-22-19-23(14-20)21(24,15-25-19)18(16-9-5-3-6-10-16)17-11-7-4-8-12-17;/h3-12,18,24H,13-15H2,1-2H3;1H. The Hall–Kier alpha value is -1.30. The Morgan fingerprint density at radius 1 is 1.00 bits per heavy atom. The Labute approximate surface area is 170 Å². The van der Waals surface area contributed by atoms with Gasteiger partial charge in [-0.2, -0.15) is 0 Å². The third-order valence-corrected chi connectivity index (χ3v) is 6.25. The number of halogens is 1. The maximum absolute atomic E-state index is 11.9. The molecule has 2 aliphatic rings.